The zero-order valence-electron chi connectivity index (χ0n) is 20.5. The van der Waals surface area contributed by atoms with Crippen LogP contribution < -0.4 is 10.5 Å². The van der Waals surface area contributed by atoms with E-state index in [4.69, 9.17) is 17.3 Å². The van der Waals surface area contributed by atoms with Crippen LogP contribution in [0.4, 0.5) is 32.2 Å². The number of aliphatic hydroxyl groups is 1. The Hall–Kier alpha value is -2.98. The van der Waals surface area contributed by atoms with E-state index >= 15 is 0 Å². The summed E-state index contributed by atoms with van der Waals surface area (Å²) in [6.45, 7) is 0. The fraction of sp³-hybridized carbons (Fsp3) is 0.280. The SMILES string of the molecule is Nc1ccc(Cl)c(C(NS(=O)(=O)C2CC2)c2cc3cccc(-c4cc(C(O)(C(F)(F)F)C(F)(F)F)ccn4)c3s2)n1. The van der Waals surface area contributed by atoms with E-state index in [-0.39, 0.29) is 27.8 Å². The van der Waals surface area contributed by atoms with Crippen LogP contribution >= 0.6 is 22.9 Å². The molecule has 0 aliphatic heterocycles. The van der Waals surface area contributed by atoms with Crippen molar-refractivity contribution in [3.63, 3.8) is 0 Å². The van der Waals surface area contributed by atoms with Crippen LogP contribution in [0.1, 0.15) is 35.0 Å². The van der Waals surface area contributed by atoms with Crippen LogP contribution in [-0.4, -0.2) is 41.1 Å². The van der Waals surface area contributed by atoms with Crippen LogP contribution in [0.15, 0.2) is 54.7 Å². The highest BCUT2D eigenvalue weighted by molar-refractivity contribution is 7.90. The summed E-state index contributed by atoms with van der Waals surface area (Å²) in [5, 5.41) is 9.90. The molecule has 5 rings (SSSR count). The second kappa shape index (κ2) is 10.1. The number of nitrogens with two attached hydrogens (primary N) is 1. The van der Waals surface area contributed by atoms with Gasteiger partial charge in [-0.1, -0.05) is 29.8 Å². The molecule has 4 N–H and O–H groups in total. The van der Waals surface area contributed by atoms with Gasteiger partial charge in [0.2, 0.25) is 10.0 Å². The second-order valence-electron chi connectivity index (χ2n) is 9.41. The summed E-state index contributed by atoms with van der Waals surface area (Å²) in [6, 6.07) is 8.95. The lowest BCUT2D eigenvalue weighted by Gasteiger charge is -2.32. The van der Waals surface area contributed by atoms with Crippen molar-refractivity contribution < 1.29 is 39.9 Å². The minimum absolute atomic E-state index is 0.0738. The van der Waals surface area contributed by atoms with Gasteiger partial charge in [0, 0.05) is 26.9 Å². The molecule has 1 fully saturated rings. The summed E-state index contributed by atoms with van der Waals surface area (Å²) in [5.74, 6) is 0.0738. The molecule has 1 saturated carbocycles. The first-order valence-electron chi connectivity index (χ1n) is 11.8. The summed E-state index contributed by atoms with van der Waals surface area (Å²) >= 11 is 7.38. The molecule has 3 aromatic heterocycles. The molecular formula is C25H19ClF6N4O3S2. The van der Waals surface area contributed by atoms with Crippen LogP contribution in [0.3, 0.4) is 0 Å². The lowest BCUT2D eigenvalue weighted by molar-refractivity contribution is -0.376. The number of nitrogens with zero attached hydrogens (tertiary/aromatic N) is 2. The molecule has 1 aromatic carbocycles. The molecule has 0 spiro atoms. The molecule has 1 aliphatic carbocycles. The highest BCUT2D eigenvalue weighted by Gasteiger charge is 2.71. The number of rotatable bonds is 7. The lowest BCUT2D eigenvalue weighted by Crippen LogP contribution is -2.53. The smallest absolute Gasteiger partial charge is 0.384 e. The van der Waals surface area contributed by atoms with Gasteiger partial charge >= 0.3 is 12.4 Å². The molecule has 4 aromatic rings. The number of nitrogens with one attached hydrogen (secondary N) is 1. The normalized spacial score (nSPS) is 15.8. The maximum absolute atomic E-state index is 13.5. The average Bonchev–Trinajstić information content (AvgIpc) is 3.67. The fourth-order valence-electron chi connectivity index (χ4n) is 4.28. The summed E-state index contributed by atoms with van der Waals surface area (Å²) in [7, 11) is -3.80. The largest absolute Gasteiger partial charge is 0.430 e. The second-order valence-corrected chi connectivity index (χ2v) is 12.9. The van der Waals surface area contributed by atoms with E-state index in [0.717, 1.165) is 17.5 Å². The molecule has 0 saturated heterocycles. The third-order valence-corrected chi connectivity index (χ3v) is 10.0. The summed E-state index contributed by atoms with van der Waals surface area (Å²) < 4.78 is 110. The molecule has 16 heteroatoms. The Labute approximate surface area is 238 Å². The number of fused-ring (bicyclic) bond motifs is 1. The van der Waals surface area contributed by atoms with E-state index in [1.807, 2.05) is 0 Å². The maximum atomic E-state index is 13.5. The van der Waals surface area contributed by atoms with E-state index in [0.29, 0.717) is 39.9 Å². The van der Waals surface area contributed by atoms with Gasteiger partial charge in [-0.05, 0) is 48.6 Å². The quantitative estimate of drug-likeness (QED) is 0.212. The number of nitrogen functional groups attached to an aromatic ring is 1. The Morgan fingerprint density at radius 2 is 1.73 bits per heavy atom. The molecule has 1 atom stereocenters. The molecule has 0 amide bonds. The van der Waals surface area contributed by atoms with E-state index in [1.54, 1.807) is 12.1 Å². The average molecular weight is 637 g/mol. The third-order valence-electron chi connectivity index (χ3n) is 6.54. The lowest BCUT2D eigenvalue weighted by atomic mass is 9.91. The Balaban J connectivity index is 1.65. The van der Waals surface area contributed by atoms with Gasteiger partial charge in [-0.2, -0.15) is 26.3 Å². The van der Waals surface area contributed by atoms with Gasteiger partial charge in [-0.25, -0.2) is 18.1 Å². The zero-order valence-corrected chi connectivity index (χ0v) is 22.9. The monoisotopic (exact) mass is 636 g/mol. The Bertz CT molecular complexity index is 1730. The van der Waals surface area contributed by atoms with Gasteiger partial charge in [0.25, 0.3) is 5.60 Å². The van der Waals surface area contributed by atoms with E-state index in [1.165, 1.54) is 24.3 Å². The fourth-order valence-corrected chi connectivity index (χ4v) is 7.32. The molecule has 41 heavy (non-hydrogen) atoms. The predicted octanol–water partition coefficient (Wildman–Crippen LogP) is 6.08. The van der Waals surface area contributed by atoms with E-state index in [9.17, 15) is 39.9 Å². The van der Waals surface area contributed by atoms with Crippen molar-refractivity contribution in [1.82, 2.24) is 14.7 Å². The standard InChI is InChI=1S/C25H19ClF6N4O3S2/c26-16-6-7-19(33)35-20(16)21(36-41(38,39)14-4-5-14)18-10-12-2-1-3-15(22(12)40-18)17-11-13(8-9-34-17)23(37,24(27,28)29)25(30,31)32/h1-3,6-11,14,21,36-37H,4-5H2,(H2,33,35). The summed E-state index contributed by atoms with van der Waals surface area (Å²) in [5.41, 5.74) is -0.759. The van der Waals surface area contributed by atoms with Crippen molar-refractivity contribution in [1.29, 1.82) is 0 Å². The number of anilines is 1. The van der Waals surface area contributed by atoms with Gasteiger partial charge in [0.15, 0.2) is 0 Å². The van der Waals surface area contributed by atoms with Crippen LogP contribution in [0.2, 0.25) is 5.02 Å². The van der Waals surface area contributed by atoms with Crippen LogP contribution in [0.25, 0.3) is 21.3 Å². The Kier molecular flexibility index (Phi) is 7.26. The first-order chi connectivity index (χ1) is 19.0. The van der Waals surface area contributed by atoms with Crippen LogP contribution in [0, 0.1) is 0 Å². The first-order valence-corrected chi connectivity index (χ1v) is 14.6. The first kappa shape index (κ1) is 29.5. The van der Waals surface area contributed by atoms with Gasteiger partial charge in [0.1, 0.15) is 5.82 Å². The van der Waals surface area contributed by atoms with Crippen molar-refractivity contribution in [2.75, 3.05) is 5.73 Å². The van der Waals surface area contributed by atoms with E-state index < -0.39 is 44.8 Å². The molecule has 1 unspecified atom stereocenters. The number of benzene rings is 1. The predicted molar refractivity (Wildman–Crippen MR) is 142 cm³/mol. The Morgan fingerprint density at radius 3 is 2.37 bits per heavy atom. The number of aromatic nitrogens is 2. The van der Waals surface area contributed by atoms with E-state index in [2.05, 4.69) is 14.7 Å². The van der Waals surface area contributed by atoms with Crippen LogP contribution in [-0.2, 0) is 15.6 Å². The molecule has 3 heterocycles. The number of hydrogen-bond acceptors (Lipinski definition) is 7. The minimum Gasteiger partial charge on any atom is -0.384 e. The Morgan fingerprint density at radius 1 is 1.05 bits per heavy atom. The highest BCUT2D eigenvalue weighted by atomic mass is 35.5. The van der Waals surface area contributed by atoms with Gasteiger partial charge in [-0.15, -0.1) is 11.3 Å². The van der Waals surface area contributed by atoms with Crippen molar-refractivity contribution >= 4 is 48.9 Å². The number of sulfonamides is 1. The number of halogens is 7. The number of alkyl halides is 6. The molecule has 0 bridgehead atoms. The van der Waals surface area contributed by atoms with Crippen molar-refractivity contribution in [2.45, 2.75) is 42.1 Å². The summed E-state index contributed by atoms with van der Waals surface area (Å²) in [6.07, 6.45) is -10.4. The third kappa shape index (κ3) is 5.36. The van der Waals surface area contributed by atoms with Crippen LogP contribution in [0.5, 0.6) is 0 Å². The van der Waals surface area contributed by atoms with Gasteiger partial charge in [0.05, 0.1) is 27.7 Å². The minimum atomic E-state index is -6.07. The van der Waals surface area contributed by atoms with Gasteiger partial charge < -0.3 is 10.8 Å². The van der Waals surface area contributed by atoms with Crippen molar-refractivity contribution in [3.8, 4) is 11.3 Å². The molecule has 0 radical (unpaired) electrons. The number of thiophene rings is 1. The topological polar surface area (TPSA) is 118 Å². The molecular weight excluding hydrogens is 618 g/mol. The maximum Gasteiger partial charge on any atom is 0.430 e. The molecule has 1 aliphatic rings. The number of hydrogen-bond donors (Lipinski definition) is 3. The molecule has 7 nitrogen and oxygen atoms in total. The summed E-state index contributed by atoms with van der Waals surface area (Å²) in [4.78, 5) is 8.57. The number of pyridine rings is 2. The zero-order chi connectivity index (χ0) is 30.0. The molecule has 218 valence electrons. The highest BCUT2D eigenvalue weighted by Crippen LogP contribution is 2.50. The van der Waals surface area contributed by atoms with Crippen molar-refractivity contribution in [2.24, 2.45) is 0 Å². The van der Waals surface area contributed by atoms with Gasteiger partial charge in [-0.3, -0.25) is 4.98 Å². The van der Waals surface area contributed by atoms with Crippen molar-refractivity contribution in [3.05, 3.63) is 75.9 Å².